The van der Waals surface area contributed by atoms with Gasteiger partial charge in [-0.05, 0) is 12.8 Å². The topological polar surface area (TPSA) is 112 Å². The summed E-state index contributed by atoms with van der Waals surface area (Å²) in [5, 5.41) is 0. The number of phosphoric ester groups is 1. The summed E-state index contributed by atoms with van der Waals surface area (Å²) in [4.78, 5) is 13.9. The summed E-state index contributed by atoms with van der Waals surface area (Å²) in [6, 6.07) is 0. The van der Waals surface area contributed by atoms with Crippen molar-refractivity contribution in [3.63, 3.8) is 0 Å². The minimum absolute atomic E-state index is 0.316. The molecule has 0 fully saturated rings. The third-order valence-electron chi connectivity index (χ3n) is 4.47. The van der Waals surface area contributed by atoms with Crippen molar-refractivity contribution in [2.75, 3.05) is 19.8 Å². The minimum atomic E-state index is -3.82. The zero-order chi connectivity index (χ0) is 23.6. The number of rotatable bonds is 22. The maximum atomic E-state index is 11.6. The Morgan fingerprint density at radius 3 is 1.42 bits per heavy atom. The van der Waals surface area contributed by atoms with E-state index in [1.54, 1.807) is 0 Å². The van der Waals surface area contributed by atoms with Crippen LogP contribution in [0.4, 0.5) is 0 Å². The van der Waals surface area contributed by atoms with Crippen molar-refractivity contribution in [1.82, 2.24) is 0 Å². The van der Waals surface area contributed by atoms with Gasteiger partial charge in [0, 0.05) is 0 Å². The molecule has 0 saturated carbocycles. The van der Waals surface area contributed by atoms with E-state index in [1.165, 1.54) is 51.4 Å². The van der Waals surface area contributed by atoms with Gasteiger partial charge >= 0.3 is 74.6 Å². The predicted octanol–water partition coefficient (Wildman–Crippen LogP) is 6.75. The molecule has 0 amide bonds. The summed E-state index contributed by atoms with van der Waals surface area (Å²) < 4.78 is 43.7. The van der Waals surface area contributed by atoms with E-state index in [9.17, 15) is 12.8 Å². The zero-order valence-corrected chi connectivity index (χ0v) is 22.5. The van der Waals surface area contributed by atoms with Crippen molar-refractivity contribution < 1.29 is 52.5 Å². The molecule has 2 N–H and O–H groups in total. The number of phosphoric acid groups is 1. The van der Waals surface area contributed by atoms with Gasteiger partial charge in [0.05, 0.1) is 13.2 Å². The first-order valence-electron chi connectivity index (χ1n) is 12.0. The van der Waals surface area contributed by atoms with E-state index < -0.39 is 26.4 Å². The third-order valence-corrected chi connectivity index (χ3v) is 5.89. The normalized spacial score (nSPS) is 11.3. The van der Waals surface area contributed by atoms with Crippen LogP contribution in [0.15, 0.2) is 0 Å². The molecule has 0 atom stereocenters. The molecule has 31 heavy (non-hydrogen) atoms. The van der Waals surface area contributed by atoms with Crippen molar-refractivity contribution >= 4 is 7.82 Å². The van der Waals surface area contributed by atoms with E-state index in [0.717, 1.165) is 44.9 Å². The number of unbranched alkanes of at least 4 members (excludes halogenated alkanes) is 12. The van der Waals surface area contributed by atoms with Gasteiger partial charge in [0.15, 0.2) is 0 Å². The summed E-state index contributed by atoms with van der Waals surface area (Å²) in [6.07, 6.45) is 16.6. The molecule has 0 aliphatic heterocycles. The van der Waals surface area contributed by atoms with E-state index in [2.05, 4.69) is 29.1 Å². The fraction of sp³-hybridized carbons (Fsp3) is 1.00. The van der Waals surface area contributed by atoms with E-state index in [1.807, 2.05) is 0 Å². The molecule has 0 bridgehead atoms. The molecule has 0 unspecified atom stereocenters. The molecule has 188 valence electrons. The van der Waals surface area contributed by atoms with Gasteiger partial charge in [-0.2, -0.15) is 0 Å². The summed E-state index contributed by atoms with van der Waals surface area (Å²) in [6.45, 7) is 7.48. The van der Waals surface area contributed by atoms with Crippen LogP contribution in [0.5, 0.6) is 0 Å². The van der Waals surface area contributed by atoms with Crippen molar-refractivity contribution in [2.24, 2.45) is 0 Å². The average Bonchev–Trinajstić information content (AvgIpc) is 2.72. The van der Waals surface area contributed by atoms with Crippen molar-refractivity contribution in [1.29, 1.82) is 0 Å². The standard InChI is InChI=1S/C16H35O4P.C5H12O2.H2O.O.Ti/c1-3-5-7-9-11-13-15-19-21(17,18)20-16-14-12-10-8-6-4-2;1-2-3-4-5-7-6;;;/h3-16H2,1-2H3,(H,17,18);6H,2-5H2,1H3;1H2;;/q;;;;+2/p-2. The number of hydrogen-bond donors (Lipinski definition) is 2. The maximum absolute atomic E-state index is 11.6. The van der Waals surface area contributed by atoms with Gasteiger partial charge < -0.3 is 4.89 Å². The molecule has 0 heterocycles. The molecular weight excluding hydrogens is 459 g/mol. The van der Waals surface area contributed by atoms with Crippen molar-refractivity contribution in [3.8, 4) is 0 Å². The van der Waals surface area contributed by atoms with Gasteiger partial charge in [-0.25, -0.2) is 4.57 Å². The van der Waals surface area contributed by atoms with Gasteiger partial charge in [0.2, 0.25) is 0 Å². The van der Waals surface area contributed by atoms with Crippen LogP contribution in [0, 0.1) is 0 Å². The molecule has 0 aliphatic carbocycles. The van der Waals surface area contributed by atoms with Gasteiger partial charge in [-0.3, -0.25) is 9.05 Å². The van der Waals surface area contributed by atoms with Crippen LogP contribution >= 0.6 is 7.82 Å². The Balaban J connectivity index is 0. The molecule has 8 nitrogen and oxygen atoms in total. The van der Waals surface area contributed by atoms with Crippen molar-refractivity contribution in [2.45, 2.75) is 117 Å². The molecule has 0 saturated heterocycles. The Hall–Kier alpha value is 0.504. The van der Waals surface area contributed by atoms with Gasteiger partial charge in [0.25, 0.3) is 0 Å². The molecule has 0 rings (SSSR count). The Labute approximate surface area is 197 Å². The molecule has 0 aromatic heterocycles. The fourth-order valence-corrected chi connectivity index (χ4v) is 3.75. The summed E-state index contributed by atoms with van der Waals surface area (Å²) in [5.74, 6) is 0. The van der Waals surface area contributed by atoms with E-state index >= 15 is 0 Å². The van der Waals surface area contributed by atoms with Gasteiger partial charge in [0.1, 0.15) is 0 Å². The van der Waals surface area contributed by atoms with Crippen LogP contribution in [0.2, 0.25) is 0 Å². The Morgan fingerprint density at radius 2 is 1.00 bits per heavy atom. The predicted molar refractivity (Wildman–Crippen MR) is 118 cm³/mol. The molecule has 0 aromatic carbocycles. The van der Waals surface area contributed by atoms with Crippen LogP contribution in [-0.2, 0) is 43.9 Å². The van der Waals surface area contributed by atoms with Crippen molar-refractivity contribution in [3.05, 3.63) is 0 Å². The van der Waals surface area contributed by atoms with Gasteiger partial charge in [-0.15, -0.1) is 0 Å². The van der Waals surface area contributed by atoms with E-state index in [0.29, 0.717) is 19.8 Å². The Kier molecular flexibility index (Phi) is 29.1. The molecule has 10 heteroatoms. The molecule has 0 aliphatic rings. The summed E-state index contributed by atoms with van der Waals surface area (Å²) in [5.41, 5.74) is 0. The van der Waals surface area contributed by atoms with Gasteiger partial charge in [-0.1, -0.05) is 78.1 Å². The number of hydrogen-bond acceptors (Lipinski definition) is 6. The second kappa shape index (κ2) is 26.8. The van der Waals surface area contributed by atoms with E-state index in [-0.39, 0.29) is 0 Å². The average molecular weight is 506 g/mol. The first-order valence-corrected chi connectivity index (χ1v) is 15.5. The summed E-state index contributed by atoms with van der Waals surface area (Å²) in [7, 11) is -3.82. The fourth-order valence-electron chi connectivity index (χ4n) is 2.66. The monoisotopic (exact) mass is 506 g/mol. The Bertz CT molecular complexity index is 404. The zero-order valence-electron chi connectivity index (χ0n) is 20.0. The Morgan fingerprint density at radius 1 is 0.645 bits per heavy atom. The van der Waals surface area contributed by atoms with Crippen LogP contribution in [0.25, 0.3) is 0 Å². The molecule has 0 radical (unpaired) electrons. The van der Waals surface area contributed by atoms with Crippen LogP contribution in [0.3, 0.4) is 0 Å². The van der Waals surface area contributed by atoms with Crippen LogP contribution in [0.1, 0.15) is 117 Å². The second-order valence-electron chi connectivity index (χ2n) is 7.55. The molecule has 0 spiro atoms. The first kappa shape index (κ1) is 33.7. The first-order chi connectivity index (χ1) is 14.9. The molecular formula is C21H47O8PTi. The van der Waals surface area contributed by atoms with Crippen LogP contribution in [-0.4, -0.2) is 28.4 Å². The van der Waals surface area contributed by atoms with E-state index in [4.69, 9.17) is 12.7 Å². The summed E-state index contributed by atoms with van der Waals surface area (Å²) >= 11 is -3.42. The molecule has 0 aromatic rings. The second-order valence-corrected chi connectivity index (χ2v) is 10.1. The SMILES string of the molecule is CCCCCCCCOP(=O)(O)OCCCCCCCC.CCCCCO[O][Ti](=[O])[OH]. The third kappa shape index (κ3) is 32.8. The quantitative estimate of drug-likeness (QED) is 0.0545. The van der Waals surface area contributed by atoms with Crippen LogP contribution < -0.4 is 0 Å².